The lowest BCUT2D eigenvalue weighted by Gasteiger charge is -2.12. The summed E-state index contributed by atoms with van der Waals surface area (Å²) in [5.74, 6) is 0.586. The van der Waals surface area contributed by atoms with E-state index in [4.69, 9.17) is 21.7 Å². The van der Waals surface area contributed by atoms with E-state index in [2.05, 4.69) is 31.9 Å². The molecule has 2 aromatic carbocycles. The number of hydrogen-bond acceptors (Lipinski definition) is 5. The average Bonchev–Trinajstić information content (AvgIpc) is 2.50. The molecule has 0 fully saturated rings. The zero-order valence-corrected chi connectivity index (χ0v) is 15.9. The first-order chi connectivity index (χ1) is 10.6. The van der Waals surface area contributed by atoms with Crippen LogP contribution in [0.25, 0.3) is 0 Å². The van der Waals surface area contributed by atoms with Crippen LogP contribution in [-0.2, 0) is 16.1 Å². The van der Waals surface area contributed by atoms with E-state index in [-0.39, 0.29) is 6.61 Å². The fraction of sp³-hybridized carbons (Fsp3) is 0.0667. The minimum absolute atomic E-state index is 0.199. The summed E-state index contributed by atoms with van der Waals surface area (Å²) in [6, 6.07) is 13.4. The number of thioether (sulfide) groups is 1. The highest BCUT2D eigenvalue weighted by atomic mass is 79.9. The molecule has 2 rings (SSSR count). The van der Waals surface area contributed by atoms with Crippen LogP contribution in [0.15, 0.2) is 56.3 Å². The van der Waals surface area contributed by atoms with Gasteiger partial charge in [-0.1, -0.05) is 18.2 Å². The van der Waals surface area contributed by atoms with Gasteiger partial charge in [-0.3, -0.25) is 4.79 Å². The molecule has 0 aromatic heterocycles. The summed E-state index contributed by atoms with van der Waals surface area (Å²) < 4.78 is 12.3. The quantitative estimate of drug-likeness (QED) is 0.341. The van der Waals surface area contributed by atoms with E-state index in [1.807, 2.05) is 42.5 Å². The van der Waals surface area contributed by atoms with Crippen molar-refractivity contribution >= 4 is 66.7 Å². The highest BCUT2D eigenvalue weighted by Crippen LogP contribution is 2.36. The molecule has 0 N–H and O–H groups in total. The van der Waals surface area contributed by atoms with Crippen molar-refractivity contribution in [2.75, 3.05) is 0 Å². The van der Waals surface area contributed by atoms with Crippen LogP contribution in [0.2, 0.25) is 0 Å². The summed E-state index contributed by atoms with van der Waals surface area (Å²) in [5, 5.41) is 0. The Kier molecular flexibility index (Phi) is 6.88. The third kappa shape index (κ3) is 5.08. The highest BCUT2D eigenvalue weighted by molar-refractivity contribution is 9.11. The molecule has 0 aliphatic rings. The monoisotopic (exact) mass is 460 g/mol. The predicted octanol–water partition coefficient (Wildman–Crippen LogP) is 5.34. The van der Waals surface area contributed by atoms with Crippen LogP contribution in [0.1, 0.15) is 5.56 Å². The van der Waals surface area contributed by atoms with E-state index >= 15 is 0 Å². The van der Waals surface area contributed by atoms with Gasteiger partial charge >= 0.3 is 0 Å². The Labute approximate surface area is 154 Å². The number of ether oxygens (including phenoxy) is 2. The Morgan fingerprint density at radius 2 is 1.82 bits per heavy atom. The SMILES string of the molecule is O=COCc1cc(Br)c(OC(=S)Sc2ccccc2)c(Br)c1. The van der Waals surface area contributed by atoms with Crippen molar-refractivity contribution in [3.8, 4) is 5.75 Å². The molecule has 0 atom stereocenters. The predicted molar refractivity (Wildman–Crippen MR) is 98.2 cm³/mol. The van der Waals surface area contributed by atoms with Gasteiger partial charge in [0.15, 0.2) is 5.75 Å². The molecule has 22 heavy (non-hydrogen) atoms. The third-order valence-corrected chi connectivity index (χ3v) is 4.78. The molecule has 0 unspecified atom stereocenters. The molecule has 3 nitrogen and oxygen atoms in total. The van der Waals surface area contributed by atoms with Crippen molar-refractivity contribution < 1.29 is 14.3 Å². The molecule has 0 saturated carbocycles. The Bertz CT molecular complexity index is 655. The molecule has 0 aliphatic carbocycles. The lowest BCUT2D eigenvalue weighted by Crippen LogP contribution is -2.02. The van der Waals surface area contributed by atoms with E-state index in [0.29, 0.717) is 16.6 Å². The maximum absolute atomic E-state index is 10.2. The topological polar surface area (TPSA) is 35.5 Å². The number of halogens is 2. The molecule has 0 aliphatic heterocycles. The van der Waals surface area contributed by atoms with Crippen LogP contribution in [0, 0.1) is 0 Å². The van der Waals surface area contributed by atoms with E-state index in [1.54, 1.807) is 0 Å². The second-order valence-corrected chi connectivity index (χ2v) is 7.45. The van der Waals surface area contributed by atoms with Crippen LogP contribution in [0.3, 0.4) is 0 Å². The van der Waals surface area contributed by atoms with Gasteiger partial charge < -0.3 is 9.47 Å². The third-order valence-electron chi connectivity index (χ3n) is 2.51. The number of carbonyl (C=O) groups is 1. The number of thiocarbonyl (C=S) groups is 1. The van der Waals surface area contributed by atoms with Gasteiger partial charge in [0.25, 0.3) is 6.47 Å². The molecule has 0 saturated heterocycles. The molecule has 0 heterocycles. The Morgan fingerprint density at radius 3 is 2.41 bits per heavy atom. The van der Waals surface area contributed by atoms with Crippen molar-refractivity contribution in [1.29, 1.82) is 0 Å². The van der Waals surface area contributed by atoms with Crippen LogP contribution in [-0.4, -0.2) is 10.9 Å². The van der Waals surface area contributed by atoms with Crippen molar-refractivity contribution in [3.05, 3.63) is 57.0 Å². The van der Waals surface area contributed by atoms with Crippen LogP contribution < -0.4 is 4.74 Å². The fourth-order valence-electron chi connectivity index (χ4n) is 1.61. The lowest BCUT2D eigenvalue weighted by atomic mass is 10.2. The van der Waals surface area contributed by atoms with E-state index < -0.39 is 0 Å². The van der Waals surface area contributed by atoms with Gasteiger partial charge in [-0.25, -0.2) is 0 Å². The summed E-state index contributed by atoms with van der Waals surface area (Å²) in [6.07, 6.45) is 0. The molecule has 0 bridgehead atoms. The van der Waals surface area contributed by atoms with Gasteiger partial charge in [-0.2, -0.15) is 0 Å². The molecular formula is C15H10Br2O3S2. The summed E-state index contributed by atoms with van der Waals surface area (Å²) in [7, 11) is 0. The van der Waals surface area contributed by atoms with E-state index in [9.17, 15) is 4.79 Å². The van der Waals surface area contributed by atoms with Gasteiger partial charge in [-0.15, -0.1) is 0 Å². The van der Waals surface area contributed by atoms with Gasteiger partial charge in [0, 0.05) is 4.90 Å². The molecule has 114 valence electrons. The number of carbonyl (C=O) groups excluding carboxylic acids is 1. The Morgan fingerprint density at radius 1 is 1.18 bits per heavy atom. The maximum Gasteiger partial charge on any atom is 0.293 e. The standard InChI is InChI=1S/C15H10Br2O3S2/c16-12-6-10(8-19-9-18)7-13(17)14(12)20-15(21)22-11-4-2-1-3-5-11/h1-7,9H,8H2. The van der Waals surface area contributed by atoms with Crippen molar-refractivity contribution in [3.63, 3.8) is 0 Å². The summed E-state index contributed by atoms with van der Waals surface area (Å²) in [6.45, 7) is 0.613. The second kappa shape index (κ2) is 8.67. The van der Waals surface area contributed by atoms with Gasteiger partial charge in [-0.05, 0) is 85.7 Å². The van der Waals surface area contributed by atoms with Gasteiger partial charge in [0.2, 0.25) is 4.38 Å². The van der Waals surface area contributed by atoms with Gasteiger partial charge in [0.1, 0.15) is 6.61 Å². The average molecular weight is 462 g/mol. The van der Waals surface area contributed by atoms with Crippen LogP contribution >= 0.6 is 55.8 Å². The fourth-order valence-corrected chi connectivity index (χ4v) is 4.04. The minimum Gasteiger partial charge on any atom is -0.463 e. The van der Waals surface area contributed by atoms with E-state index in [0.717, 1.165) is 19.4 Å². The highest BCUT2D eigenvalue weighted by Gasteiger charge is 2.12. The molecule has 0 radical (unpaired) electrons. The van der Waals surface area contributed by atoms with Crippen molar-refractivity contribution in [2.45, 2.75) is 11.5 Å². The number of benzene rings is 2. The van der Waals surface area contributed by atoms with Crippen LogP contribution in [0.4, 0.5) is 0 Å². The molecule has 7 heteroatoms. The Hall–Kier alpha value is -0.890. The molecular weight excluding hydrogens is 452 g/mol. The zero-order valence-electron chi connectivity index (χ0n) is 11.1. The summed E-state index contributed by atoms with van der Waals surface area (Å²) in [5.41, 5.74) is 0.833. The summed E-state index contributed by atoms with van der Waals surface area (Å²) >= 11 is 13.5. The second-order valence-electron chi connectivity index (χ2n) is 4.06. The zero-order chi connectivity index (χ0) is 15.9. The molecule has 0 amide bonds. The first-order valence-corrected chi connectivity index (χ1v) is 8.89. The largest absolute Gasteiger partial charge is 0.463 e. The van der Waals surface area contributed by atoms with Crippen LogP contribution in [0.5, 0.6) is 5.75 Å². The first-order valence-electron chi connectivity index (χ1n) is 6.08. The minimum atomic E-state index is 0.199. The molecule has 2 aromatic rings. The smallest absolute Gasteiger partial charge is 0.293 e. The maximum atomic E-state index is 10.2. The van der Waals surface area contributed by atoms with Crippen molar-refractivity contribution in [2.24, 2.45) is 0 Å². The Balaban J connectivity index is 2.09. The number of rotatable bonds is 5. The number of hydrogen-bond donors (Lipinski definition) is 0. The van der Waals surface area contributed by atoms with E-state index in [1.165, 1.54) is 11.8 Å². The molecule has 0 spiro atoms. The normalized spacial score (nSPS) is 10.1. The summed E-state index contributed by atoms with van der Waals surface area (Å²) in [4.78, 5) is 11.3. The lowest BCUT2D eigenvalue weighted by molar-refractivity contribution is -0.129. The van der Waals surface area contributed by atoms with Gasteiger partial charge in [0.05, 0.1) is 8.95 Å². The first kappa shape index (κ1) is 17.5. The van der Waals surface area contributed by atoms with Crippen molar-refractivity contribution in [1.82, 2.24) is 0 Å².